The Hall–Kier alpha value is -5.93. The van der Waals surface area contributed by atoms with Crippen molar-refractivity contribution in [2.24, 2.45) is 0 Å². The van der Waals surface area contributed by atoms with E-state index in [1.165, 1.54) is 21.7 Å². The summed E-state index contributed by atoms with van der Waals surface area (Å²) in [5.41, 5.74) is -0.644. The minimum Gasteiger partial charge on any atom is -0.457 e. The third-order valence-electron chi connectivity index (χ3n) is 7.59. The monoisotopic (exact) mass is 707 g/mol. The maximum Gasteiger partial charge on any atom is 0.433 e. The highest BCUT2D eigenvalue weighted by atomic mass is 19.4. The molecule has 4 aromatic rings. The molecule has 2 N–H and O–H groups in total. The summed E-state index contributed by atoms with van der Waals surface area (Å²) in [6, 6.07) is 13.0. The maximum atomic E-state index is 14.3. The van der Waals surface area contributed by atoms with Crippen LogP contribution in [-0.2, 0) is 31.8 Å². The molecule has 0 spiro atoms. The number of rotatable bonds is 9. The fourth-order valence-electron chi connectivity index (χ4n) is 5.53. The molecule has 16 heteroatoms. The molecule has 51 heavy (non-hydrogen) atoms. The first-order valence-electron chi connectivity index (χ1n) is 15.7. The predicted molar refractivity (Wildman–Crippen MR) is 175 cm³/mol. The first-order chi connectivity index (χ1) is 24.1. The highest BCUT2D eigenvalue weighted by molar-refractivity contribution is 6.05. The first kappa shape index (κ1) is 36.4. The van der Waals surface area contributed by atoms with Gasteiger partial charge in [0.25, 0.3) is 11.8 Å². The van der Waals surface area contributed by atoms with Crippen molar-refractivity contribution in [3.8, 4) is 5.69 Å². The van der Waals surface area contributed by atoms with Crippen molar-refractivity contribution in [2.75, 3.05) is 11.4 Å². The van der Waals surface area contributed by atoms with E-state index in [2.05, 4.69) is 20.6 Å². The molecule has 2 atom stereocenters. The van der Waals surface area contributed by atoms with Crippen LogP contribution in [0.4, 0.5) is 23.4 Å². The molecule has 3 heterocycles. The van der Waals surface area contributed by atoms with Gasteiger partial charge in [-0.1, -0.05) is 30.3 Å². The number of benzene rings is 2. The molecular weight excluding hydrogens is 674 g/mol. The summed E-state index contributed by atoms with van der Waals surface area (Å²) >= 11 is 0. The number of carbonyl (C=O) groups is 4. The number of hydrogen-bond donors (Lipinski definition) is 2. The number of fused-ring (bicyclic) bond motifs is 1. The van der Waals surface area contributed by atoms with E-state index in [0.29, 0.717) is 22.9 Å². The van der Waals surface area contributed by atoms with Crippen molar-refractivity contribution < 1.29 is 41.5 Å². The van der Waals surface area contributed by atoms with Crippen LogP contribution in [0.5, 0.6) is 0 Å². The summed E-state index contributed by atoms with van der Waals surface area (Å²) in [6.45, 7) is 6.54. The predicted octanol–water partition coefficient (Wildman–Crippen LogP) is 4.63. The summed E-state index contributed by atoms with van der Waals surface area (Å²) < 4.78 is 61.1. The lowest BCUT2D eigenvalue weighted by Crippen LogP contribution is -2.55. The van der Waals surface area contributed by atoms with Crippen molar-refractivity contribution >= 4 is 29.5 Å². The SMILES string of the molecule is CCN1C(=O)[C@@H](NC(=O)c2nccc(C(F)(F)F)n2)[C@H](c2ccc(F)cc2)c2c(CNC(=O)/C=C/C(=O)OC(C)(C)C)nn(-c3ccccc3)c21. The van der Waals surface area contributed by atoms with E-state index in [-0.39, 0.29) is 24.6 Å². The van der Waals surface area contributed by atoms with Gasteiger partial charge in [-0.2, -0.15) is 18.3 Å². The second-order valence-electron chi connectivity index (χ2n) is 12.3. The van der Waals surface area contributed by atoms with Gasteiger partial charge in [-0.15, -0.1) is 0 Å². The zero-order chi connectivity index (χ0) is 37.1. The number of ether oxygens (including phenoxy) is 1. The number of hydrogen-bond acceptors (Lipinski definition) is 8. The van der Waals surface area contributed by atoms with Crippen molar-refractivity contribution in [1.82, 2.24) is 30.4 Å². The number of nitrogens with one attached hydrogen (secondary N) is 2. The Morgan fingerprint density at radius 2 is 1.67 bits per heavy atom. The highest BCUT2D eigenvalue weighted by Gasteiger charge is 2.46. The highest BCUT2D eigenvalue weighted by Crippen LogP contribution is 2.43. The summed E-state index contributed by atoms with van der Waals surface area (Å²) in [5.74, 6) is -5.43. The number of para-hydroxylation sites is 1. The third kappa shape index (κ3) is 8.28. The lowest BCUT2D eigenvalue weighted by atomic mass is 9.81. The van der Waals surface area contributed by atoms with Gasteiger partial charge in [0.2, 0.25) is 11.7 Å². The molecule has 2 aromatic heterocycles. The number of likely N-dealkylation sites (N-methyl/N-ethyl adjacent to an activating group) is 1. The smallest absolute Gasteiger partial charge is 0.433 e. The molecular formula is C35H33F4N7O5. The number of alkyl halides is 3. The van der Waals surface area contributed by atoms with Crippen LogP contribution in [0.1, 0.15) is 66.7 Å². The average molecular weight is 708 g/mol. The molecule has 1 aliphatic heterocycles. The van der Waals surface area contributed by atoms with Crippen LogP contribution < -0.4 is 15.5 Å². The largest absolute Gasteiger partial charge is 0.457 e. The second-order valence-corrected chi connectivity index (χ2v) is 12.3. The van der Waals surface area contributed by atoms with Crippen LogP contribution in [0.2, 0.25) is 0 Å². The van der Waals surface area contributed by atoms with E-state index in [1.54, 1.807) is 58.0 Å². The van der Waals surface area contributed by atoms with E-state index < -0.39 is 64.8 Å². The van der Waals surface area contributed by atoms with Crippen LogP contribution in [-0.4, -0.2) is 61.6 Å². The Bertz CT molecular complexity index is 1970. The van der Waals surface area contributed by atoms with E-state index in [0.717, 1.165) is 30.5 Å². The zero-order valence-corrected chi connectivity index (χ0v) is 27.9. The van der Waals surface area contributed by atoms with Crippen molar-refractivity contribution in [3.05, 3.63) is 113 Å². The second kappa shape index (κ2) is 14.5. The van der Waals surface area contributed by atoms with Gasteiger partial charge >= 0.3 is 12.1 Å². The van der Waals surface area contributed by atoms with Crippen LogP contribution in [0.3, 0.4) is 0 Å². The van der Waals surface area contributed by atoms with Gasteiger partial charge in [0, 0.05) is 36.4 Å². The molecule has 0 bridgehead atoms. The summed E-state index contributed by atoms with van der Waals surface area (Å²) in [4.78, 5) is 61.2. The number of carbonyl (C=O) groups excluding carboxylic acids is 4. The normalized spacial score (nSPS) is 16.2. The molecule has 0 saturated heterocycles. The Balaban J connectivity index is 1.62. The third-order valence-corrected chi connectivity index (χ3v) is 7.59. The average Bonchev–Trinajstić information content (AvgIpc) is 3.45. The van der Waals surface area contributed by atoms with Gasteiger partial charge in [0.1, 0.15) is 29.0 Å². The van der Waals surface area contributed by atoms with Gasteiger partial charge < -0.3 is 15.4 Å². The molecule has 0 saturated carbocycles. The van der Waals surface area contributed by atoms with Crippen LogP contribution >= 0.6 is 0 Å². The quantitative estimate of drug-likeness (QED) is 0.145. The Labute approximate surface area is 289 Å². The Morgan fingerprint density at radius 3 is 2.29 bits per heavy atom. The standard InChI is InChI=1S/C35H33F4N7O5/c1-5-45-32-28(23(44-46(32)22-9-7-6-8-10-22)19-41-25(47)15-16-26(48)51-34(2,3)4)27(20-11-13-21(36)14-12-20)29(33(45)50)43-31(49)30-40-18-17-24(42-30)35(37,38)39/h6-18,27,29H,5,19H2,1-4H3,(H,41,47)(H,43,49)/b16-15+/t27-,29+/m1/s1. The first-order valence-corrected chi connectivity index (χ1v) is 15.7. The minimum atomic E-state index is -4.86. The molecule has 0 aliphatic carbocycles. The molecule has 0 fully saturated rings. The Kier molecular flexibility index (Phi) is 10.3. The zero-order valence-electron chi connectivity index (χ0n) is 27.9. The molecule has 0 unspecified atom stereocenters. The molecule has 12 nitrogen and oxygen atoms in total. The van der Waals surface area contributed by atoms with Crippen molar-refractivity contribution in [1.29, 1.82) is 0 Å². The van der Waals surface area contributed by atoms with Crippen LogP contribution in [0, 0.1) is 5.82 Å². The molecule has 266 valence electrons. The molecule has 0 radical (unpaired) electrons. The summed E-state index contributed by atoms with van der Waals surface area (Å²) in [6.07, 6.45) is -2.12. The van der Waals surface area contributed by atoms with E-state index in [9.17, 15) is 36.7 Å². The lowest BCUT2D eigenvalue weighted by molar-refractivity contribution is -0.148. The van der Waals surface area contributed by atoms with Gasteiger partial charge in [0.15, 0.2) is 0 Å². The number of aromatic nitrogens is 4. The Morgan fingerprint density at radius 1 is 0.980 bits per heavy atom. The fourth-order valence-corrected chi connectivity index (χ4v) is 5.53. The minimum absolute atomic E-state index is 0.0668. The van der Waals surface area contributed by atoms with Crippen LogP contribution in [0.25, 0.3) is 5.69 Å². The topological polar surface area (TPSA) is 148 Å². The van der Waals surface area contributed by atoms with Gasteiger partial charge in [-0.25, -0.2) is 23.8 Å². The molecule has 2 aromatic carbocycles. The number of amides is 3. The molecule has 1 aliphatic rings. The molecule has 5 rings (SSSR count). The fraction of sp³-hybridized carbons (Fsp3) is 0.286. The van der Waals surface area contributed by atoms with Crippen molar-refractivity contribution in [3.63, 3.8) is 0 Å². The van der Waals surface area contributed by atoms with Crippen LogP contribution in [0.15, 0.2) is 79.0 Å². The van der Waals surface area contributed by atoms with Gasteiger partial charge in [0.05, 0.1) is 17.9 Å². The van der Waals surface area contributed by atoms with Gasteiger partial charge in [-0.05, 0) is 63.6 Å². The maximum absolute atomic E-state index is 14.3. The number of anilines is 1. The molecule has 3 amide bonds. The summed E-state index contributed by atoms with van der Waals surface area (Å²) in [7, 11) is 0. The van der Waals surface area contributed by atoms with Crippen molar-refractivity contribution in [2.45, 2.75) is 58.0 Å². The summed E-state index contributed by atoms with van der Waals surface area (Å²) in [5, 5.41) is 9.96. The lowest BCUT2D eigenvalue weighted by Gasteiger charge is -2.38. The van der Waals surface area contributed by atoms with E-state index in [1.807, 2.05) is 0 Å². The number of esters is 1. The van der Waals surface area contributed by atoms with E-state index in [4.69, 9.17) is 9.84 Å². The number of halogens is 4. The van der Waals surface area contributed by atoms with E-state index >= 15 is 0 Å². The number of nitrogens with zero attached hydrogens (tertiary/aromatic N) is 5. The van der Waals surface area contributed by atoms with Gasteiger partial charge in [-0.3, -0.25) is 19.3 Å².